The predicted octanol–water partition coefficient (Wildman–Crippen LogP) is 5.36. The Morgan fingerprint density at radius 1 is 0.727 bits per heavy atom. The highest BCUT2D eigenvalue weighted by Crippen LogP contribution is 2.55. The molecule has 0 N–H and O–H groups in total. The molecule has 1 heteroatoms. The zero-order chi connectivity index (χ0) is 14.7. The van der Waals surface area contributed by atoms with Gasteiger partial charge in [-0.3, -0.25) is 4.79 Å². The molecule has 4 unspecified atom stereocenters. The van der Waals surface area contributed by atoms with E-state index in [1.807, 2.05) is 0 Å². The van der Waals surface area contributed by atoms with Gasteiger partial charge in [0.05, 0.1) is 0 Å². The van der Waals surface area contributed by atoms with Crippen molar-refractivity contribution in [1.29, 1.82) is 0 Å². The fourth-order valence-electron chi connectivity index (χ4n) is 6.71. The van der Waals surface area contributed by atoms with Gasteiger partial charge >= 0.3 is 0 Å². The van der Waals surface area contributed by atoms with E-state index in [1.165, 1.54) is 76.2 Å². The molecule has 0 bridgehead atoms. The molecule has 0 aromatic carbocycles. The Bertz CT molecular complexity index is 579. The van der Waals surface area contributed by atoms with Crippen LogP contribution in [0, 0.1) is 23.7 Å². The summed E-state index contributed by atoms with van der Waals surface area (Å²) in [5.74, 6) is 3.58. The first-order valence-electron chi connectivity index (χ1n) is 9.81. The highest BCUT2D eigenvalue weighted by Gasteiger charge is 2.44. The molecule has 2 saturated carbocycles. The Morgan fingerprint density at radius 3 is 2.59 bits per heavy atom. The third-order valence-electron chi connectivity index (χ3n) is 7.61. The molecule has 0 heterocycles. The van der Waals surface area contributed by atoms with Crippen LogP contribution in [0.4, 0.5) is 0 Å². The van der Waals surface area contributed by atoms with E-state index in [0.29, 0.717) is 17.6 Å². The lowest BCUT2D eigenvalue weighted by molar-refractivity contribution is -0.116. The summed E-state index contributed by atoms with van der Waals surface area (Å²) in [4.78, 5) is 13.0. The van der Waals surface area contributed by atoms with Gasteiger partial charge in [0.15, 0.2) is 5.78 Å². The van der Waals surface area contributed by atoms with Gasteiger partial charge in [-0.1, -0.05) is 29.6 Å². The maximum absolute atomic E-state index is 13.0. The average molecular weight is 296 g/mol. The van der Waals surface area contributed by atoms with Gasteiger partial charge < -0.3 is 0 Å². The van der Waals surface area contributed by atoms with Crippen LogP contribution in [0.2, 0.25) is 0 Å². The van der Waals surface area contributed by atoms with Gasteiger partial charge in [-0.15, -0.1) is 0 Å². The zero-order valence-electron chi connectivity index (χ0n) is 13.7. The van der Waals surface area contributed by atoms with Crippen LogP contribution in [0.5, 0.6) is 0 Å². The van der Waals surface area contributed by atoms with E-state index in [1.54, 1.807) is 16.7 Å². The monoisotopic (exact) mass is 296 g/mol. The lowest BCUT2D eigenvalue weighted by Gasteiger charge is -2.45. The molecule has 0 aromatic rings. The molecular weight excluding hydrogens is 268 g/mol. The molecule has 5 aliphatic rings. The van der Waals surface area contributed by atoms with Crippen molar-refractivity contribution in [2.75, 3.05) is 0 Å². The first-order chi connectivity index (χ1) is 10.8. The topological polar surface area (TPSA) is 17.1 Å². The Labute approximate surface area is 134 Å². The summed E-state index contributed by atoms with van der Waals surface area (Å²) in [6.45, 7) is 0. The van der Waals surface area contributed by atoms with Gasteiger partial charge in [0.2, 0.25) is 0 Å². The molecule has 0 saturated heterocycles. The lowest BCUT2D eigenvalue weighted by Crippen LogP contribution is -2.36. The summed E-state index contributed by atoms with van der Waals surface area (Å²) in [5, 5.41) is 0. The lowest BCUT2D eigenvalue weighted by atomic mass is 9.59. The third kappa shape index (κ3) is 1.87. The van der Waals surface area contributed by atoms with Crippen molar-refractivity contribution in [3.05, 3.63) is 22.3 Å². The van der Waals surface area contributed by atoms with Gasteiger partial charge in [0.25, 0.3) is 0 Å². The number of ketones is 1. The summed E-state index contributed by atoms with van der Waals surface area (Å²) in [5.41, 5.74) is 6.35. The maximum atomic E-state index is 13.0. The first-order valence-corrected chi connectivity index (χ1v) is 9.81. The number of carbonyl (C=O) groups excluding carboxylic acids is 1. The van der Waals surface area contributed by atoms with Crippen LogP contribution in [-0.4, -0.2) is 5.78 Å². The van der Waals surface area contributed by atoms with E-state index in [0.717, 1.165) is 18.3 Å². The molecule has 5 rings (SSSR count). The van der Waals surface area contributed by atoms with Crippen molar-refractivity contribution >= 4 is 5.78 Å². The number of hydrogen-bond acceptors (Lipinski definition) is 1. The van der Waals surface area contributed by atoms with Crippen molar-refractivity contribution in [2.24, 2.45) is 23.7 Å². The summed E-state index contributed by atoms with van der Waals surface area (Å²) in [7, 11) is 0. The molecule has 0 radical (unpaired) electrons. The summed E-state index contributed by atoms with van der Waals surface area (Å²) >= 11 is 0. The van der Waals surface area contributed by atoms with Crippen LogP contribution < -0.4 is 0 Å². The quantitative estimate of drug-likeness (QED) is 0.550. The maximum Gasteiger partial charge on any atom is 0.163 e. The minimum atomic E-state index is 0.540. The highest BCUT2D eigenvalue weighted by molar-refractivity contribution is 6.00. The van der Waals surface area contributed by atoms with Crippen LogP contribution in [0.1, 0.15) is 77.0 Å². The van der Waals surface area contributed by atoms with Crippen molar-refractivity contribution in [1.82, 2.24) is 0 Å². The van der Waals surface area contributed by atoms with Gasteiger partial charge in [-0.2, -0.15) is 0 Å². The van der Waals surface area contributed by atoms with Crippen LogP contribution >= 0.6 is 0 Å². The minimum absolute atomic E-state index is 0.540. The van der Waals surface area contributed by atoms with Crippen molar-refractivity contribution < 1.29 is 4.79 Å². The Morgan fingerprint density at radius 2 is 1.64 bits per heavy atom. The number of carbonyl (C=O) groups is 1. The van der Waals surface area contributed by atoms with Crippen LogP contribution in [0.15, 0.2) is 22.3 Å². The number of rotatable bonds is 0. The number of allylic oxidation sites excluding steroid dienone is 4. The third-order valence-corrected chi connectivity index (χ3v) is 7.61. The Kier molecular flexibility index (Phi) is 3.13. The van der Waals surface area contributed by atoms with E-state index in [4.69, 9.17) is 0 Å². The summed E-state index contributed by atoms with van der Waals surface area (Å²) < 4.78 is 0. The first kappa shape index (κ1) is 13.6. The summed E-state index contributed by atoms with van der Waals surface area (Å²) in [6, 6.07) is 0. The summed E-state index contributed by atoms with van der Waals surface area (Å²) in [6.07, 6.45) is 15.7. The molecule has 4 atom stereocenters. The van der Waals surface area contributed by atoms with Crippen molar-refractivity contribution in [2.45, 2.75) is 77.0 Å². The average Bonchev–Trinajstić information content (AvgIpc) is 3.03. The highest BCUT2D eigenvalue weighted by atomic mass is 16.1. The molecule has 0 amide bonds. The predicted molar refractivity (Wildman–Crippen MR) is 88.4 cm³/mol. The molecular formula is C21H28O. The molecule has 118 valence electrons. The Hall–Kier alpha value is -0.850. The van der Waals surface area contributed by atoms with Gasteiger partial charge in [0, 0.05) is 12.3 Å². The van der Waals surface area contributed by atoms with Crippen LogP contribution in [0.25, 0.3) is 0 Å². The van der Waals surface area contributed by atoms with Gasteiger partial charge in [0.1, 0.15) is 0 Å². The standard InChI is InChI=1S/C21H28O/c22-20-12-19-15-7-3-5-13(15)8-10-17(19)18-11-9-14-4-1-2-6-16(14)21(18)20/h13-14,16-17H,1-12H2. The van der Waals surface area contributed by atoms with E-state index in [2.05, 4.69) is 0 Å². The van der Waals surface area contributed by atoms with E-state index >= 15 is 0 Å². The second kappa shape index (κ2) is 5.08. The zero-order valence-corrected chi connectivity index (χ0v) is 13.7. The molecule has 2 fully saturated rings. The van der Waals surface area contributed by atoms with E-state index < -0.39 is 0 Å². The molecule has 22 heavy (non-hydrogen) atoms. The van der Waals surface area contributed by atoms with Crippen molar-refractivity contribution in [3.63, 3.8) is 0 Å². The Balaban J connectivity index is 1.59. The van der Waals surface area contributed by atoms with E-state index in [9.17, 15) is 4.79 Å². The fourth-order valence-corrected chi connectivity index (χ4v) is 6.71. The van der Waals surface area contributed by atoms with Gasteiger partial charge in [-0.25, -0.2) is 0 Å². The smallest absolute Gasteiger partial charge is 0.163 e. The van der Waals surface area contributed by atoms with Crippen LogP contribution in [-0.2, 0) is 4.79 Å². The van der Waals surface area contributed by atoms with Gasteiger partial charge in [-0.05, 0) is 81.1 Å². The molecule has 0 spiro atoms. The minimum Gasteiger partial charge on any atom is -0.294 e. The van der Waals surface area contributed by atoms with Crippen LogP contribution in [0.3, 0.4) is 0 Å². The number of hydrogen-bond donors (Lipinski definition) is 0. The second-order valence-electron chi connectivity index (χ2n) is 8.50. The van der Waals surface area contributed by atoms with E-state index in [-0.39, 0.29) is 0 Å². The number of fused-ring (bicyclic) bond motifs is 5. The SMILES string of the molecule is O=C1CC2=C3CCCC3CCC2C2=C1C1CCCCC1CC2. The molecule has 0 aromatic heterocycles. The largest absolute Gasteiger partial charge is 0.294 e. The number of Topliss-reactive ketones (excluding diaryl/α,β-unsaturated/α-hetero) is 1. The van der Waals surface area contributed by atoms with Crippen molar-refractivity contribution in [3.8, 4) is 0 Å². The normalized spacial score (nSPS) is 41.0. The molecule has 1 nitrogen and oxygen atoms in total. The second-order valence-corrected chi connectivity index (χ2v) is 8.50. The molecule has 0 aliphatic heterocycles. The molecule has 5 aliphatic carbocycles. The fraction of sp³-hybridized carbons (Fsp3) is 0.762.